The largest absolute Gasteiger partial charge is 0.462 e. The van der Waals surface area contributed by atoms with Gasteiger partial charge in [-0.25, -0.2) is 4.98 Å². The first kappa shape index (κ1) is 20.1. The van der Waals surface area contributed by atoms with E-state index in [2.05, 4.69) is 15.2 Å². The van der Waals surface area contributed by atoms with Crippen molar-refractivity contribution in [2.45, 2.75) is 76.9 Å². The van der Waals surface area contributed by atoms with Crippen molar-refractivity contribution in [1.29, 1.82) is 0 Å². The van der Waals surface area contributed by atoms with Crippen LogP contribution in [-0.2, 0) is 28.9 Å². The van der Waals surface area contributed by atoms with Crippen molar-refractivity contribution in [3.63, 3.8) is 0 Å². The van der Waals surface area contributed by atoms with Gasteiger partial charge in [-0.15, -0.1) is 11.3 Å². The van der Waals surface area contributed by atoms with Gasteiger partial charge in [-0.2, -0.15) is 0 Å². The lowest BCUT2D eigenvalue weighted by Crippen LogP contribution is -2.39. The van der Waals surface area contributed by atoms with Gasteiger partial charge < -0.3 is 15.0 Å². The number of carbonyl (C=O) groups excluding carboxylic acids is 1. The number of thiazole rings is 1. The first-order chi connectivity index (χ1) is 13.2. The van der Waals surface area contributed by atoms with Gasteiger partial charge in [0.15, 0.2) is 5.96 Å². The van der Waals surface area contributed by atoms with Crippen molar-refractivity contribution in [2.24, 2.45) is 4.99 Å². The van der Waals surface area contributed by atoms with E-state index in [1.165, 1.54) is 42.7 Å². The topological polar surface area (TPSA) is 66.8 Å². The molecule has 2 aliphatic carbocycles. The Balaban J connectivity index is 1.37. The normalized spacial score (nSPS) is 17.6. The number of nitrogens with one attached hydrogen (secondary N) is 1. The van der Waals surface area contributed by atoms with E-state index in [-0.39, 0.29) is 12.1 Å². The number of carbonyl (C=O) groups is 1. The number of esters is 1. The molecule has 0 aliphatic heterocycles. The molecule has 0 saturated heterocycles. The molecule has 27 heavy (non-hydrogen) atoms. The number of fused-ring (bicyclic) bond motifs is 1. The molecule has 0 radical (unpaired) electrons. The molecule has 0 amide bonds. The van der Waals surface area contributed by atoms with Gasteiger partial charge in [0, 0.05) is 31.9 Å². The van der Waals surface area contributed by atoms with Gasteiger partial charge in [0.1, 0.15) is 11.1 Å². The van der Waals surface area contributed by atoms with E-state index in [9.17, 15) is 4.79 Å². The second kappa shape index (κ2) is 10.1. The molecule has 150 valence electrons. The van der Waals surface area contributed by atoms with Crippen LogP contribution in [0.5, 0.6) is 0 Å². The summed E-state index contributed by atoms with van der Waals surface area (Å²) in [6.07, 6.45) is 10.7. The highest BCUT2D eigenvalue weighted by Gasteiger charge is 2.19. The van der Waals surface area contributed by atoms with Crippen LogP contribution in [0.25, 0.3) is 0 Å². The van der Waals surface area contributed by atoms with Crippen LogP contribution in [-0.4, -0.2) is 48.6 Å². The molecule has 6 nitrogen and oxygen atoms in total. The summed E-state index contributed by atoms with van der Waals surface area (Å²) >= 11 is 1.84. The summed E-state index contributed by atoms with van der Waals surface area (Å²) in [6.45, 7) is 1.48. The average molecular weight is 393 g/mol. The average Bonchev–Trinajstić information content (AvgIpc) is 3.30. The van der Waals surface area contributed by atoms with E-state index in [0.29, 0.717) is 13.0 Å². The maximum Gasteiger partial charge on any atom is 0.306 e. The predicted molar refractivity (Wildman–Crippen MR) is 109 cm³/mol. The van der Waals surface area contributed by atoms with Gasteiger partial charge in [0.05, 0.1) is 12.2 Å². The highest BCUT2D eigenvalue weighted by molar-refractivity contribution is 7.11. The lowest BCUT2D eigenvalue weighted by Gasteiger charge is -2.21. The molecule has 1 aromatic rings. The Labute approximate surface area is 166 Å². The first-order valence-corrected chi connectivity index (χ1v) is 11.1. The Hall–Kier alpha value is -1.63. The molecular weight excluding hydrogens is 360 g/mol. The molecule has 1 saturated carbocycles. The third-order valence-electron chi connectivity index (χ3n) is 5.28. The van der Waals surface area contributed by atoms with E-state index in [0.717, 1.165) is 43.2 Å². The number of aryl methyl sites for hydroxylation is 2. The number of nitrogens with zero attached hydrogens (tertiary/aromatic N) is 3. The highest BCUT2D eigenvalue weighted by Crippen LogP contribution is 2.27. The molecule has 0 spiro atoms. The Kier molecular flexibility index (Phi) is 7.50. The number of rotatable bonds is 7. The zero-order valence-corrected chi connectivity index (χ0v) is 17.4. The zero-order chi connectivity index (χ0) is 19.1. The third kappa shape index (κ3) is 5.92. The van der Waals surface area contributed by atoms with Crippen molar-refractivity contribution in [3.8, 4) is 0 Å². The number of ether oxygens (including phenoxy) is 1. The van der Waals surface area contributed by atoms with Crippen LogP contribution in [0.3, 0.4) is 0 Å². The van der Waals surface area contributed by atoms with Gasteiger partial charge in [0.25, 0.3) is 0 Å². The molecule has 2 aliphatic rings. The fourth-order valence-electron chi connectivity index (χ4n) is 3.82. The van der Waals surface area contributed by atoms with Crippen molar-refractivity contribution in [1.82, 2.24) is 15.2 Å². The molecule has 1 fully saturated rings. The molecular formula is C20H32N4O2S. The molecule has 7 heteroatoms. The van der Waals surface area contributed by atoms with Crippen LogP contribution in [0, 0.1) is 0 Å². The number of hydrogen-bond acceptors (Lipinski definition) is 5. The molecule has 0 unspecified atom stereocenters. The van der Waals surface area contributed by atoms with Crippen molar-refractivity contribution >= 4 is 23.3 Å². The minimum Gasteiger partial charge on any atom is -0.462 e. The highest BCUT2D eigenvalue weighted by atomic mass is 32.1. The first-order valence-electron chi connectivity index (χ1n) is 10.2. The van der Waals surface area contributed by atoms with Crippen LogP contribution >= 0.6 is 11.3 Å². The summed E-state index contributed by atoms with van der Waals surface area (Å²) in [4.78, 5) is 24.6. The fraction of sp³-hybridized carbons (Fsp3) is 0.750. The summed E-state index contributed by atoms with van der Waals surface area (Å²) in [5.41, 5.74) is 1.30. The van der Waals surface area contributed by atoms with Crippen molar-refractivity contribution < 1.29 is 9.53 Å². The Bertz CT molecular complexity index is 629. The van der Waals surface area contributed by atoms with Crippen LogP contribution in [0.2, 0.25) is 0 Å². The van der Waals surface area contributed by atoms with E-state index >= 15 is 0 Å². The third-order valence-corrected chi connectivity index (χ3v) is 6.42. The molecule has 1 N–H and O–H groups in total. The van der Waals surface area contributed by atoms with Crippen LogP contribution in [0.15, 0.2) is 4.99 Å². The van der Waals surface area contributed by atoms with Gasteiger partial charge in [0.2, 0.25) is 0 Å². The zero-order valence-electron chi connectivity index (χ0n) is 16.6. The number of guanidine groups is 1. The molecule has 1 aromatic heterocycles. The molecule has 1 heterocycles. The molecule has 0 atom stereocenters. The lowest BCUT2D eigenvalue weighted by molar-refractivity contribution is -0.148. The van der Waals surface area contributed by atoms with Crippen LogP contribution in [0.1, 0.15) is 66.9 Å². The van der Waals surface area contributed by atoms with Gasteiger partial charge in [-0.1, -0.05) is 0 Å². The quantitative estimate of drug-likeness (QED) is 0.334. The number of aromatic nitrogens is 1. The van der Waals surface area contributed by atoms with Crippen LogP contribution in [0.4, 0.5) is 0 Å². The lowest BCUT2D eigenvalue weighted by atomic mass is 10.0. The van der Waals surface area contributed by atoms with Gasteiger partial charge >= 0.3 is 5.97 Å². The van der Waals surface area contributed by atoms with Gasteiger partial charge in [-0.3, -0.25) is 9.79 Å². The molecule has 0 bridgehead atoms. The Morgan fingerprint density at radius 1 is 1.30 bits per heavy atom. The van der Waals surface area contributed by atoms with Gasteiger partial charge in [-0.05, 0) is 57.8 Å². The standard InChI is InChI=1S/C20H32N4O2S/c1-21-20(22-13-7-12-19(25)26-15-8-3-4-9-15)24(2)14-18-23-16-10-5-6-11-17(16)27-18/h15H,3-14H2,1-2H3,(H,21,22). The SMILES string of the molecule is CN=C(NCCCC(=O)OC1CCCC1)N(C)Cc1nc2c(s1)CCCC2. The molecule has 3 rings (SSSR count). The monoisotopic (exact) mass is 392 g/mol. The summed E-state index contributed by atoms with van der Waals surface area (Å²) in [5, 5.41) is 4.50. The minimum atomic E-state index is -0.0691. The molecule has 0 aromatic carbocycles. The smallest absolute Gasteiger partial charge is 0.306 e. The Morgan fingerprint density at radius 3 is 2.81 bits per heavy atom. The summed E-state index contributed by atoms with van der Waals surface area (Å²) in [6, 6.07) is 0. The summed E-state index contributed by atoms with van der Waals surface area (Å²) in [7, 11) is 3.82. The van der Waals surface area contributed by atoms with Crippen LogP contribution < -0.4 is 5.32 Å². The maximum absolute atomic E-state index is 11.9. The fourth-order valence-corrected chi connectivity index (χ4v) is 5.03. The van der Waals surface area contributed by atoms with E-state index in [1.807, 2.05) is 18.4 Å². The predicted octanol–water partition coefficient (Wildman–Crippen LogP) is 3.30. The van der Waals surface area contributed by atoms with Crippen molar-refractivity contribution in [2.75, 3.05) is 20.6 Å². The van der Waals surface area contributed by atoms with E-state index in [1.54, 1.807) is 7.05 Å². The number of aliphatic imine (C=N–C) groups is 1. The maximum atomic E-state index is 11.9. The number of hydrogen-bond donors (Lipinski definition) is 1. The van der Waals surface area contributed by atoms with E-state index < -0.39 is 0 Å². The summed E-state index contributed by atoms with van der Waals surface area (Å²) in [5.74, 6) is 0.771. The Morgan fingerprint density at radius 2 is 2.07 bits per heavy atom. The second-order valence-electron chi connectivity index (χ2n) is 7.51. The minimum absolute atomic E-state index is 0.0691. The second-order valence-corrected chi connectivity index (χ2v) is 8.68. The van der Waals surface area contributed by atoms with E-state index in [4.69, 9.17) is 9.72 Å². The summed E-state index contributed by atoms with van der Waals surface area (Å²) < 4.78 is 5.50. The van der Waals surface area contributed by atoms with Crippen molar-refractivity contribution in [3.05, 3.63) is 15.6 Å².